The van der Waals surface area contributed by atoms with Gasteiger partial charge in [-0.25, -0.2) is 0 Å². The van der Waals surface area contributed by atoms with Crippen molar-refractivity contribution in [1.29, 1.82) is 0 Å². The molecule has 0 fully saturated rings. The molecule has 2 rings (SSSR count). The molecule has 15 heavy (non-hydrogen) atoms. The van der Waals surface area contributed by atoms with Crippen LogP contribution < -0.4 is 0 Å². The summed E-state index contributed by atoms with van der Waals surface area (Å²) in [6.07, 6.45) is 9.71. The van der Waals surface area contributed by atoms with Gasteiger partial charge < -0.3 is 0 Å². The average molecular weight is 204 g/mol. The Hall–Kier alpha value is -1.38. The minimum Gasteiger partial charge on any atom is -0.289 e. The highest BCUT2D eigenvalue weighted by Gasteiger charge is 2.16. The van der Waals surface area contributed by atoms with Gasteiger partial charge in [-0.3, -0.25) is 9.48 Å². The fraction of sp³-hybridized carbons (Fsp3) is 0.500. The van der Waals surface area contributed by atoms with E-state index in [0.29, 0.717) is 0 Å². The molecule has 1 aliphatic rings. The second-order valence-corrected chi connectivity index (χ2v) is 3.94. The molecular weight excluding hydrogens is 188 g/mol. The number of ketones is 1. The summed E-state index contributed by atoms with van der Waals surface area (Å²) in [5.41, 5.74) is 1.70. The summed E-state index contributed by atoms with van der Waals surface area (Å²) in [5, 5.41) is 4.17. The van der Waals surface area contributed by atoms with E-state index in [4.69, 9.17) is 0 Å². The van der Waals surface area contributed by atoms with Gasteiger partial charge in [0.05, 0.1) is 11.8 Å². The van der Waals surface area contributed by atoms with E-state index in [1.165, 1.54) is 0 Å². The number of carbonyl (C=O) groups excluding carboxylic acids is 1. The summed E-state index contributed by atoms with van der Waals surface area (Å²) in [6, 6.07) is 0. The Morgan fingerprint density at radius 1 is 1.60 bits per heavy atom. The van der Waals surface area contributed by atoms with Gasteiger partial charge in [-0.15, -0.1) is 0 Å². The number of nitrogens with zero attached hydrogens (tertiary/aromatic N) is 2. The number of hydrogen-bond donors (Lipinski definition) is 0. The Labute approximate surface area is 89.8 Å². The fourth-order valence-electron chi connectivity index (χ4n) is 1.89. The van der Waals surface area contributed by atoms with E-state index in [-0.39, 0.29) is 5.78 Å². The van der Waals surface area contributed by atoms with Crippen LogP contribution in [-0.2, 0) is 6.54 Å². The van der Waals surface area contributed by atoms with Gasteiger partial charge in [-0.2, -0.15) is 5.10 Å². The second-order valence-electron chi connectivity index (χ2n) is 3.94. The standard InChI is InChI=1S/C12H16N2O/c1-2-7-14-9-11(8-13-14)12(15)10-5-3-4-6-10/h5,8-9H,2-4,6-7H2,1H3. The van der Waals surface area contributed by atoms with Crippen LogP contribution in [0.3, 0.4) is 0 Å². The topological polar surface area (TPSA) is 34.9 Å². The first-order valence-corrected chi connectivity index (χ1v) is 5.57. The molecule has 0 spiro atoms. The minimum absolute atomic E-state index is 0.162. The molecule has 0 bridgehead atoms. The zero-order chi connectivity index (χ0) is 10.7. The number of rotatable bonds is 4. The van der Waals surface area contributed by atoms with Crippen molar-refractivity contribution in [2.45, 2.75) is 39.2 Å². The van der Waals surface area contributed by atoms with Gasteiger partial charge in [-0.05, 0) is 31.3 Å². The van der Waals surface area contributed by atoms with Crippen molar-refractivity contribution in [2.24, 2.45) is 0 Å². The molecule has 0 aliphatic heterocycles. The van der Waals surface area contributed by atoms with Gasteiger partial charge in [0.25, 0.3) is 0 Å². The lowest BCUT2D eigenvalue weighted by Gasteiger charge is -1.97. The van der Waals surface area contributed by atoms with Gasteiger partial charge in [0.15, 0.2) is 5.78 Å². The zero-order valence-electron chi connectivity index (χ0n) is 9.07. The lowest BCUT2D eigenvalue weighted by atomic mass is 10.1. The number of hydrogen-bond acceptors (Lipinski definition) is 2. The second kappa shape index (κ2) is 4.43. The quantitative estimate of drug-likeness (QED) is 0.706. The Morgan fingerprint density at radius 3 is 3.13 bits per heavy atom. The molecule has 3 heteroatoms. The average Bonchev–Trinajstić information content (AvgIpc) is 2.87. The SMILES string of the molecule is CCCn1cc(C(=O)C2=CCCC2)cn1. The van der Waals surface area contributed by atoms with Crippen molar-refractivity contribution in [1.82, 2.24) is 9.78 Å². The van der Waals surface area contributed by atoms with Crippen LogP contribution >= 0.6 is 0 Å². The third-order valence-electron chi connectivity index (χ3n) is 2.68. The molecule has 0 aromatic carbocycles. The fourth-order valence-corrected chi connectivity index (χ4v) is 1.89. The maximum atomic E-state index is 11.9. The van der Waals surface area contributed by atoms with Crippen LogP contribution in [0.4, 0.5) is 0 Å². The van der Waals surface area contributed by atoms with Crippen LogP contribution in [0.5, 0.6) is 0 Å². The van der Waals surface area contributed by atoms with E-state index in [2.05, 4.69) is 18.1 Å². The summed E-state index contributed by atoms with van der Waals surface area (Å²) in [4.78, 5) is 11.9. The smallest absolute Gasteiger partial charge is 0.191 e. The number of Topliss-reactive ketones (excluding diaryl/α,β-unsaturated/α-hetero) is 1. The predicted octanol–water partition coefficient (Wildman–Crippen LogP) is 2.59. The molecule has 0 saturated heterocycles. The summed E-state index contributed by atoms with van der Waals surface area (Å²) >= 11 is 0. The summed E-state index contributed by atoms with van der Waals surface area (Å²) in [7, 11) is 0. The van der Waals surface area contributed by atoms with Crippen molar-refractivity contribution >= 4 is 5.78 Å². The van der Waals surface area contributed by atoms with Gasteiger partial charge in [0.2, 0.25) is 0 Å². The van der Waals surface area contributed by atoms with Crippen molar-refractivity contribution in [3.63, 3.8) is 0 Å². The van der Waals surface area contributed by atoms with Crippen LogP contribution in [-0.4, -0.2) is 15.6 Å². The molecule has 1 aromatic heterocycles. The molecular formula is C12H16N2O. The van der Waals surface area contributed by atoms with Crippen LogP contribution in [0.15, 0.2) is 24.0 Å². The molecule has 1 aliphatic carbocycles. The van der Waals surface area contributed by atoms with E-state index in [9.17, 15) is 4.79 Å². The normalized spacial score (nSPS) is 15.4. The van der Waals surface area contributed by atoms with Crippen LogP contribution in [0.25, 0.3) is 0 Å². The monoisotopic (exact) mass is 204 g/mol. The highest BCUT2D eigenvalue weighted by atomic mass is 16.1. The molecule has 0 amide bonds. The Morgan fingerprint density at radius 2 is 2.47 bits per heavy atom. The van der Waals surface area contributed by atoms with Crippen molar-refractivity contribution in [3.8, 4) is 0 Å². The maximum Gasteiger partial charge on any atom is 0.191 e. The number of aromatic nitrogens is 2. The molecule has 3 nitrogen and oxygen atoms in total. The van der Waals surface area contributed by atoms with Gasteiger partial charge in [0.1, 0.15) is 0 Å². The number of allylic oxidation sites excluding steroid dienone is 2. The number of carbonyl (C=O) groups is 1. The lowest BCUT2D eigenvalue weighted by molar-refractivity contribution is 0.103. The molecule has 80 valence electrons. The first-order valence-electron chi connectivity index (χ1n) is 5.57. The highest BCUT2D eigenvalue weighted by Crippen LogP contribution is 2.21. The van der Waals surface area contributed by atoms with Crippen molar-refractivity contribution < 1.29 is 4.79 Å². The minimum atomic E-state index is 0.162. The van der Waals surface area contributed by atoms with Crippen molar-refractivity contribution in [2.75, 3.05) is 0 Å². The molecule has 0 atom stereocenters. The molecule has 1 heterocycles. The summed E-state index contributed by atoms with van der Waals surface area (Å²) < 4.78 is 1.84. The Balaban J connectivity index is 2.11. The van der Waals surface area contributed by atoms with E-state index in [1.807, 2.05) is 10.9 Å². The van der Waals surface area contributed by atoms with Gasteiger partial charge in [-0.1, -0.05) is 13.0 Å². The molecule has 0 unspecified atom stereocenters. The molecule has 1 aromatic rings. The zero-order valence-corrected chi connectivity index (χ0v) is 9.07. The first-order chi connectivity index (χ1) is 7.31. The third kappa shape index (κ3) is 2.17. The van der Waals surface area contributed by atoms with Gasteiger partial charge in [0, 0.05) is 12.7 Å². The first kappa shape index (κ1) is 10.1. The Kier molecular flexibility index (Phi) is 2.99. The van der Waals surface area contributed by atoms with Crippen molar-refractivity contribution in [3.05, 3.63) is 29.6 Å². The molecule has 0 radical (unpaired) electrons. The molecule has 0 saturated carbocycles. The lowest BCUT2D eigenvalue weighted by Crippen LogP contribution is -2.00. The van der Waals surface area contributed by atoms with Crippen LogP contribution in [0, 0.1) is 0 Å². The number of aryl methyl sites for hydroxylation is 1. The third-order valence-corrected chi connectivity index (χ3v) is 2.68. The predicted molar refractivity (Wildman–Crippen MR) is 58.8 cm³/mol. The van der Waals surface area contributed by atoms with Crippen LogP contribution in [0.1, 0.15) is 43.0 Å². The molecule has 0 N–H and O–H groups in total. The van der Waals surface area contributed by atoms with E-state index in [0.717, 1.165) is 43.4 Å². The maximum absolute atomic E-state index is 11.9. The summed E-state index contributed by atoms with van der Waals surface area (Å²) in [6.45, 7) is 2.98. The van der Waals surface area contributed by atoms with E-state index >= 15 is 0 Å². The van der Waals surface area contributed by atoms with Crippen LogP contribution in [0.2, 0.25) is 0 Å². The Bertz CT molecular complexity index is 390. The highest BCUT2D eigenvalue weighted by molar-refractivity contribution is 6.08. The summed E-state index contributed by atoms with van der Waals surface area (Å²) in [5.74, 6) is 0.162. The largest absolute Gasteiger partial charge is 0.289 e. The van der Waals surface area contributed by atoms with E-state index in [1.54, 1.807) is 6.20 Å². The van der Waals surface area contributed by atoms with E-state index < -0.39 is 0 Å². The van der Waals surface area contributed by atoms with Gasteiger partial charge >= 0.3 is 0 Å².